The molecule has 6 N–H and O–H groups in total. The molecule has 0 bridgehead atoms. The first-order valence-corrected chi connectivity index (χ1v) is 10.2. The van der Waals surface area contributed by atoms with E-state index < -0.39 is 36.6 Å². The van der Waals surface area contributed by atoms with E-state index in [1.807, 2.05) is 0 Å². The Bertz CT molecular complexity index is 864. The van der Waals surface area contributed by atoms with Crippen molar-refractivity contribution in [2.75, 3.05) is 23.4 Å². The smallest absolute Gasteiger partial charge is 0.320 e. The molecule has 0 aromatic carbocycles. The van der Waals surface area contributed by atoms with Gasteiger partial charge in [-0.2, -0.15) is 11.8 Å². The van der Waals surface area contributed by atoms with Crippen molar-refractivity contribution in [2.45, 2.75) is 37.0 Å². The highest BCUT2D eigenvalue weighted by molar-refractivity contribution is 7.99. The lowest BCUT2D eigenvalue weighted by Gasteiger charge is -2.16. The van der Waals surface area contributed by atoms with Gasteiger partial charge in [-0.3, -0.25) is 9.36 Å². The Balaban J connectivity index is 1.67. The number of carbonyl (C=O) groups is 1. The number of hydrogen-bond acceptors (Lipinski definition) is 10. The molecule has 0 amide bonds. The molecule has 2 aromatic rings. The van der Waals surface area contributed by atoms with E-state index in [9.17, 15) is 15.0 Å². The predicted octanol–water partition coefficient (Wildman–Crippen LogP) is -0.421. The van der Waals surface area contributed by atoms with Gasteiger partial charge >= 0.3 is 5.97 Å². The van der Waals surface area contributed by atoms with Gasteiger partial charge < -0.3 is 31.1 Å². The van der Waals surface area contributed by atoms with Gasteiger partial charge in [0.05, 0.1) is 12.4 Å². The van der Waals surface area contributed by atoms with E-state index in [-0.39, 0.29) is 0 Å². The number of ether oxygens (including phenoxy) is 1. The van der Waals surface area contributed by atoms with Gasteiger partial charge in [-0.15, -0.1) is 6.58 Å². The first-order chi connectivity index (χ1) is 13.9. The van der Waals surface area contributed by atoms with Crippen LogP contribution in [0.3, 0.4) is 0 Å². The Kier molecular flexibility index (Phi) is 7.03. The van der Waals surface area contributed by atoms with Gasteiger partial charge in [0.1, 0.15) is 24.6 Å². The normalized spacial score (nSPS) is 25.2. The lowest BCUT2D eigenvalue weighted by atomic mass is 10.1. The topological polar surface area (TPSA) is 169 Å². The summed E-state index contributed by atoms with van der Waals surface area (Å²) in [5.74, 6) is 0.368. The van der Waals surface area contributed by atoms with E-state index in [1.165, 1.54) is 24.4 Å². The summed E-state index contributed by atoms with van der Waals surface area (Å²) in [5, 5.41) is 32.7. The Labute approximate surface area is 171 Å². The molecule has 11 nitrogen and oxygen atoms in total. The first-order valence-electron chi connectivity index (χ1n) is 9.04. The van der Waals surface area contributed by atoms with Crippen LogP contribution >= 0.6 is 11.8 Å². The minimum Gasteiger partial charge on any atom is -0.480 e. The summed E-state index contributed by atoms with van der Waals surface area (Å²) in [4.78, 5) is 23.4. The van der Waals surface area contributed by atoms with E-state index in [2.05, 4.69) is 26.8 Å². The summed E-state index contributed by atoms with van der Waals surface area (Å²) >= 11 is 1.41. The molecule has 1 saturated heterocycles. The largest absolute Gasteiger partial charge is 0.480 e. The van der Waals surface area contributed by atoms with Crippen LogP contribution < -0.4 is 11.1 Å². The van der Waals surface area contributed by atoms with Crippen molar-refractivity contribution in [1.82, 2.24) is 19.5 Å². The quantitative estimate of drug-likeness (QED) is 0.248. The van der Waals surface area contributed by atoms with Crippen LogP contribution in [0.15, 0.2) is 25.3 Å². The third-order valence-corrected chi connectivity index (χ3v) is 5.65. The molecule has 0 saturated carbocycles. The fourth-order valence-corrected chi connectivity index (χ4v) is 4.06. The number of carboxylic acid groups (broad SMARTS) is 1. The van der Waals surface area contributed by atoms with E-state index in [4.69, 9.17) is 15.6 Å². The molecular weight excluding hydrogens is 400 g/mol. The summed E-state index contributed by atoms with van der Waals surface area (Å²) in [5.41, 5.74) is 6.45. The number of nitrogens with zero attached hydrogens (tertiary/aromatic N) is 4. The van der Waals surface area contributed by atoms with Crippen molar-refractivity contribution >= 4 is 34.7 Å². The first kappa shape index (κ1) is 21.5. The lowest BCUT2D eigenvalue weighted by Crippen LogP contribution is -2.33. The van der Waals surface area contributed by atoms with Crippen molar-refractivity contribution in [1.29, 1.82) is 0 Å². The van der Waals surface area contributed by atoms with Gasteiger partial charge in [-0.25, -0.2) is 15.0 Å². The zero-order valence-corrected chi connectivity index (χ0v) is 16.4. The number of aliphatic hydroxyl groups is 2. The maximum Gasteiger partial charge on any atom is 0.320 e. The van der Waals surface area contributed by atoms with Crippen molar-refractivity contribution in [3.05, 3.63) is 25.3 Å². The van der Waals surface area contributed by atoms with Crippen LogP contribution in [0, 0.1) is 0 Å². The number of carboxylic acids is 1. The zero-order chi connectivity index (χ0) is 21.0. The van der Waals surface area contributed by atoms with Crippen molar-refractivity contribution in [3.8, 4) is 0 Å². The van der Waals surface area contributed by atoms with Crippen molar-refractivity contribution in [3.63, 3.8) is 0 Å². The fourth-order valence-electron chi connectivity index (χ4n) is 2.97. The molecule has 1 unspecified atom stereocenters. The molecule has 0 aliphatic carbocycles. The third kappa shape index (κ3) is 4.67. The van der Waals surface area contributed by atoms with Gasteiger partial charge in [0, 0.05) is 12.3 Å². The Morgan fingerprint density at radius 2 is 2.21 bits per heavy atom. The second kappa shape index (κ2) is 9.50. The molecule has 1 aliphatic rings. The summed E-state index contributed by atoms with van der Waals surface area (Å²) in [6, 6.07) is -0.920. The third-order valence-electron chi connectivity index (χ3n) is 4.56. The molecule has 158 valence electrons. The number of imidazole rings is 1. The molecule has 1 fully saturated rings. The number of rotatable bonds is 10. The molecule has 3 heterocycles. The Hall–Kier alpha value is -2.25. The highest BCUT2D eigenvalue weighted by Gasteiger charge is 2.44. The van der Waals surface area contributed by atoms with E-state index in [0.29, 0.717) is 41.5 Å². The number of nitrogens with one attached hydrogen (secondary N) is 1. The molecule has 0 radical (unpaired) electrons. The number of thioether (sulfide) groups is 1. The number of anilines is 1. The summed E-state index contributed by atoms with van der Waals surface area (Å²) in [6.07, 6.45) is 1.11. The average molecular weight is 424 g/mol. The molecular formula is C17H24N6O5S. The lowest BCUT2D eigenvalue weighted by molar-refractivity contribution is -0.138. The monoisotopic (exact) mass is 424 g/mol. The van der Waals surface area contributed by atoms with Gasteiger partial charge in [0.25, 0.3) is 0 Å². The highest BCUT2D eigenvalue weighted by Crippen LogP contribution is 2.33. The highest BCUT2D eigenvalue weighted by atomic mass is 32.2. The minimum atomic E-state index is -1.17. The van der Waals surface area contributed by atoms with Gasteiger partial charge in [0.15, 0.2) is 23.2 Å². The van der Waals surface area contributed by atoms with Gasteiger partial charge in [-0.1, -0.05) is 6.08 Å². The number of hydrogen-bond donors (Lipinski definition) is 5. The van der Waals surface area contributed by atoms with Crippen molar-refractivity contribution < 1.29 is 24.9 Å². The number of aliphatic hydroxyl groups excluding tert-OH is 2. The second-order valence-corrected chi connectivity index (χ2v) is 7.72. The fraction of sp³-hybridized carbons (Fsp3) is 0.529. The Morgan fingerprint density at radius 1 is 1.41 bits per heavy atom. The van der Waals surface area contributed by atoms with Gasteiger partial charge in [0.2, 0.25) is 0 Å². The molecule has 0 spiro atoms. The second-order valence-electron chi connectivity index (χ2n) is 6.57. The summed E-state index contributed by atoms with van der Waals surface area (Å²) in [7, 11) is 0. The van der Waals surface area contributed by atoms with E-state index >= 15 is 0 Å². The number of fused-ring (bicyclic) bond motifs is 1. The summed E-state index contributed by atoms with van der Waals surface area (Å²) < 4.78 is 7.44. The number of aromatic nitrogens is 4. The Morgan fingerprint density at radius 3 is 2.93 bits per heavy atom. The molecule has 1 aliphatic heterocycles. The van der Waals surface area contributed by atoms with E-state index in [0.717, 1.165) is 0 Å². The molecule has 2 aromatic heterocycles. The maximum absolute atomic E-state index is 10.7. The van der Waals surface area contributed by atoms with Crippen LogP contribution in [0.2, 0.25) is 0 Å². The number of aliphatic carboxylic acids is 1. The van der Waals surface area contributed by atoms with Crippen molar-refractivity contribution in [2.24, 2.45) is 5.73 Å². The molecule has 12 heteroatoms. The SMILES string of the molecule is C=CCNc1ncnc2c1ncn2[C@@H]1O[C@H](CSCCC(N)C(=O)O)[C@@H](O)[C@H]1O. The van der Waals surface area contributed by atoms with Crippen LogP contribution in [0.1, 0.15) is 12.6 Å². The molecule has 3 rings (SSSR count). The van der Waals surface area contributed by atoms with E-state index in [1.54, 1.807) is 10.6 Å². The molecule has 5 atom stereocenters. The van der Waals surface area contributed by atoms with Crippen LogP contribution in [-0.2, 0) is 9.53 Å². The van der Waals surface area contributed by atoms with Crippen LogP contribution in [0.25, 0.3) is 11.2 Å². The van der Waals surface area contributed by atoms with Crippen LogP contribution in [0.5, 0.6) is 0 Å². The predicted molar refractivity (Wildman–Crippen MR) is 107 cm³/mol. The zero-order valence-electron chi connectivity index (χ0n) is 15.6. The standard InChI is InChI=1S/C17H24N6O5S/c1-2-4-19-14-11-15(21-7-20-14)23(8-22-11)16-13(25)12(24)10(28-16)6-29-5-3-9(18)17(26)27/h2,7-10,12-13,16,24-25H,1,3-6,18H2,(H,26,27)(H,19,20,21)/t9?,10-,12-,13-,16-/m1/s1. The van der Waals surface area contributed by atoms with Crippen LogP contribution in [0.4, 0.5) is 5.82 Å². The maximum atomic E-state index is 10.7. The average Bonchev–Trinajstić information content (AvgIpc) is 3.25. The van der Waals surface area contributed by atoms with Gasteiger partial charge in [-0.05, 0) is 12.2 Å². The molecule has 29 heavy (non-hydrogen) atoms. The summed E-state index contributed by atoms with van der Waals surface area (Å²) in [6.45, 7) is 4.15. The minimum absolute atomic E-state index is 0.304. The number of nitrogens with two attached hydrogens (primary N) is 1. The van der Waals surface area contributed by atoms with Crippen LogP contribution in [-0.4, -0.2) is 83.2 Å².